The second kappa shape index (κ2) is 8.06. The highest BCUT2D eigenvalue weighted by molar-refractivity contribution is 7.99. The number of hydrogen-bond acceptors (Lipinski definition) is 3. The molecule has 1 fully saturated rings. The lowest BCUT2D eigenvalue weighted by Crippen LogP contribution is -2.32. The first-order valence-corrected chi connectivity index (χ1v) is 9.47. The van der Waals surface area contributed by atoms with Crippen molar-refractivity contribution in [2.45, 2.75) is 23.3 Å². The van der Waals surface area contributed by atoms with Crippen molar-refractivity contribution in [3.8, 4) is 0 Å². The van der Waals surface area contributed by atoms with Crippen LogP contribution in [0.4, 0.5) is 0 Å². The Labute approximate surface area is 152 Å². The summed E-state index contributed by atoms with van der Waals surface area (Å²) < 4.78 is 0. The number of carbonyl (C=O) groups excluding carboxylic acids is 1. The topological polar surface area (TPSA) is 46.3 Å². The number of likely N-dealkylation sites (tertiary alicyclic amines) is 1. The van der Waals surface area contributed by atoms with Crippen LogP contribution in [0.1, 0.15) is 17.9 Å². The average molecular weight is 361 g/mol. The van der Waals surface area contributed by atoms with E-state index in [-0.39, 0.29) is 17.9 Å². The summed E-state index contributed by atoms with van der Waals surface area (Å²) >= 11 is 7.76. The number of thioether (sulfide) groups is 1. The number of carbonyl (C=O) groups is 1. The fourth-order valence-electron chi connectivity index (χ4n) is 3.05. The third-order valence-electron chi connectivity index (χ3n) is 4.36. The Kier molecular flexibility index (Phi) is 5.82. The Hall–Kier alpha value is -1.49. The normalized spacial score (nSPS) is 20.3. The monoisotopic (exact) mass is 360 g/mol. The molecule has 0 spiro atoms. The average Bonchev–Trinajstić information content (AvgIpc) is 2.99. The van der Waals surface area contributed by atoms with Gasteiger partial charge in [-0.2, -0.15) is 0 Å². The standard InChI is InChI=1S/C19H21ClN2OS/c20-16-8-4-5-9-18(16)24-11-10-19(23)22-12-15(17(21)13-22)14-6-2-1-3-7-14/h1-9,15,17H,10-13,21H2/t15-,17+/m0/s1. The van der Waals surface area contributed by atoms with Crippen LogP contribution in [0.5, 0.6) is 0 Å². The van der Waals surface area contributed by atoms with Crippen molar-refractivity contribution in [1.29, 1.82) is 0 Å². The van der Waals surface area contributed by atoms with E-state index < -0.39 is 0 Å². The molecule has 0 aromatic heterocycles. The molecule has 0 bridgehead atoms. The van der Waals surface area contributed by atoms with Crippen LogP contribution in [0.15, 0.2) is 59.5 Å². The van der Waals surface area contributed by atoms with E-state index in [9.17, 15) is 4.79 Å². The van der Waals surface area contributed by atoms with Crippen LogP contribution in [-0.2, 0) is 4.79 Å². The third-order valence-corrected chi connectivity index (χ3v) is 5.87. The van der Waals surface area contributed by atoms with Crippen LogP contribution in [-0.4, -0.2) is 35.7 Å². The summed E-state index contributed by atoms with van der Waals surface area (Å²) in [6, 6.07) is 17.9. The van der Waals surface area contributed by atoms with Gasteiger partial charge in [-0.15, -0.1) is 11.8 Å². The maximum atomic E-state index is 12.5. The molecule has 1 aliphatic heterocycles. The Balaban J connectivity index is 1.52. The van der Waals surface area contributed by atoms with Crippen molar-refractivity contribution in [3.63, 3.8) is 0 Å². The van der Waals surface area contributed by atoms with Crippen LogP contribution < -0.4 is 5.73 Å². The van der Waals surface area contributed by atoms with Crippen molar-refractivity contribution >= 4 is 29.3 Å². The highest BCUT2D eigenvalue weighted by atomic mass is 35.5. The van der Waals surface area contributed by atoms with Gasteiger partial charge in [-0.25, -0.2) is 0 Å². The van der Waals surface area contributed by atoms with Gasteiger partial charge >= 0.3 is 0 Å². The third kappa shape index (κ3) is 4.12. The van der Waals surface area contributed by atoms with Gasteiger partial charge in [-0.05, 0) is 17.7 Å². The molecule has 0 saturated carbocycles. The Morgan fingerprint density at radius 3 is 2.58 bits per heavy atom. The van der Waals surface area contributed by atoms with Crippen LogP contribution in [0.2, 0.25) is 5.02 Å². The van der Waals surface area contributed by atoms with Crippen LogP contribution in [0, 0.1) is 0 Å². The van der Waals surface area contributed by atoms with Crippen molar-refractivity contribution in [2.75, 3.05) is 18.8 Å². The van der Waals surface area contributed by atoms with Gasteiger partial charge in [0.2, 0.25) is 5.91 Å². The molecule has 24 heavy (non-hydrogen) atoms. The number of rotatable bonds is 5. The Morgan fingerprint density at radius 2 is 1.83 bits per heavy atom. The van der Waals surface area contributed by atoms with Crippen LogP contribution in [0.3, 0.4) is 0 Å². The molecular weight excluding hydrogens is 340 g/mol. The molecule has 1 saturated heterocycles. The molecule has 2 aromatic rings. The van der Waals surface area contributed by atoms with E-state index in [2.05, 4.69) is 12.1 Å². The SMILES string of the molecule is N[C@@H]1CN(C(=O)CCSc2ccccc2Cl)C[C@H]1c1ccccc1. The summed E-state index contributed by atoms with van der Waals surface area (Å²) in [5.41, 5.74) is 7.48. The first-order valence-electron chi connectivity index (χ1n) is 8.11. The lowest BCUT2D eigenvalue weighted by Gasteiger charge is -2.16. The van der Waals surface area contributed by atoms with Gasteiger partial charge in [0.1, 0.15) is 0 Å². The van der Waals surface area contributed by atoms with E-state index in [1.165, 1.54) is 5.56 Å². The zero-order valence-corrected chi connectivity index (χ0v) is 15.0. The maximum Gasteiger partial charge on any atom is 0.223 e. The summed E-state index contributed by atoms with van der Waals surface area (Å²) in [7, 11) is 0. The second-order valence-corrected chi connectivity index (χ2v) is 7.55. The van der Waals surface area contributed by atoms with Gasteiger partial charge in [0.15, 0.2) is 0 Å². The number of nitrogens with zero attached hydrogens (tertiary/aromatic N) is 1. The van der Waals surface area contributed by atoms with E-state index in [4.69, 9.17) is 17.3 Å². The van der Waals surface area contributed by atoms with Gasteiger partial charge in [0.05, 0.1) is 5.02 Å². The lowest BCUT2D eigenvalue weighted by molar-refractivity contribution is -0.129. The fraction of sp³-hybridized carbons (Fsp3) is 0.316. The number of amides is 1. The summed E-state index contributed by atoms with van der Waals surface area (Å²) in [6.07, 6.45) is 0.504. The molecule has 0 radical (unpaired) electrons. The molecule has 0 unspecified atom stereocenters. The van der Waals surface area contributed by atoms with Gasteiger partial charge < -0.3 is 10.6 Å². The minimum Gasteiger partial charge on any atom is -0.340 e. The fourth-order valence-corrected chi connectivity index (χ4v) is 4.23. The highest BCUT2D eigenvalue weighted by Gasteiger charge is 2.33. The molecular formula is C19H21ClN2OS. The predicted octanol–water partition coefficient (Wildman–Crippen LogP) is 3.78. The summed E-state index contributed by atoms with van der Waals surface area (Å²) in [6.45, 7) is 1.34. The highest BCUT2D eigenvalue weighted by Crippen LogP contribution is 2.29. The van der Waals surface area contributed by atoms with Crippen LogP contribution >= 0.6 is 23.4 Å². The summed E-state index contributed by atoms with van der Waals surface area (Å²) in [5.74, 6) is 1.12. The van der Waals surface area contributed by atoms with Crippen molar-refractivity contribution in [2.24, 2.45) is 5.73 Å². The van der Waals surface area contributed by atoms with Crippen molar-refractivity contribution < 1.29 is 4.79 Å². The zero-order valence-electron chi connectivity index (χ0n) is 13.4. The molecule has 2 aromatic carbocycles. The molecule has 2 atom stereocenters. The minimum atomic E-state index is 0.00701. The molecule has 3 nitrogen and oxygen atoms in total. The van der Waals surface area contributed by atoms with E-state index in [0.29, 0.717) is 19.5 Å². The first kappa shape index (κ1) is 17.3. The largest absolute Gasteiger partial charge is 0.340 e. The molecule has 1 amide bonds. The molecule has 2 N–H and O–H groups in total. The molecule has 126 valence electrons. The minimum absolute atomic E-state index is 0.00701. The second-order valence-electron chi connectivity index (χ2n) is 6.01. The maximum absolute atomic E-state index is 12.5. The first-order chi connectivity index (χ1) is 11.6. The van der Waals surface area contributed by atoms with E-state index >= 15 is 0 Å². The summed E-state index contributed by atoms with van der Waals surface area (Å²) in [5, 5.41) is 0.738. The lowest BCUT2D eigenvalue weighted by atomic mass is 9.95. The van der Waals surface area contributed by atoms with Gasteiger partial charge in [0.25, 0.3) is 0 Å². The number of halogens is 1. The van der Waals surface area contributed by atoms with Gasteiger partial charge in [-0.3, -0.25) is 4.79 Å². The molecule has 1 aliphatic rings. The van der Waals surface area contributed by atoms with E-state index in [0.717, 1.165) is 15.7 Å². The zero-order chi connectivity index (χ0) is 16.9. The van der Waals surface area contributed by atoms with E-state index in [1.54, 1.807) is 11.8 Å². The quantitative estimate of drug-likeness (QED) is 0.825. The number of hydrogen-bond donors (Lipinski definition) is 1. The molecule has 5 heteroatoms. The number of benzene rings is 2. The molecule has 3 rings (SSSR count). The van der Waals surface area contributed by atoms with Crippen molar-refractivity contribution in [1.82, 2.24) is 4.90 Å². The summed E-state index contributed by atoms with van der Waals surface area (Å²) in [4.78, 5) is 15.4. The Morgan fingerprint density at radius 1 is 1.12 bits per heavy atom. The van der Waals surface area contributed by atoms with E-state index in [1.807, 2.05) is 47.4 Å². The van der Waals surface area contributed by atoms with Crippen molar-refractivity contribution in [3.05, 3.63) is 65.2 Å². The molecule has 0 aliphatic carbocycles. The van der Waals surface area contributed by atoms with Crippen LogP contribution in [0.25, 0.3) is 0 Å². The van der Waals surface area contributed by atoms with Gasteiger partial charge in [0, 0.05) is 42.1 Å². The Bertz CT molecular complexity index is 695. The number of nitrogens with two attached hydrogens (primary N) is 1. The predicted molar refractivity (Wildman–Crippen MR) is 101 cm³/mol. The van der Waals surface area contributed by atoms with Gasteiger partial charge in [-0.1, -0.05) is 54.1 Å². The smallest absolute Gasteiger partial charge is 0.223 e. The molecule has 1 heterocycles.